The number of hydrogen-bond donors (Lipinski definition) is 1. The normalized spacial score (nSPS) is 12.8. The Morgan fingerprint density at radius 1 is 1.35 bits per heavy atom. The molecule has 0 radical (unpaired) electrons. The van der Waals surface area contributed by atoms with Crippen LogP contribution in [-0.4, -0.2) is 31.2 Å². The summed E-state index contributed by atoms with van der Waals surface area (Å²) in [5.41, 5.74) is 0.846. The lowest BCUT2D eigenvalue weighted by molar-refractivity contribution is 0.171. The maximum Gasteiger partial charge on any atom is 0.317 e. The van der Waals surface area contributed by atoms with Crippen LogP contribution in [0.4, 0.5) is 4.79 Å². The van der Waals surface area contributed by atoms with Gasteiger partial charge in [0.25, 0.3) is 0 Å². The monoisotopic (exact) mass is 336 g/mol. The fourth-order valence-corrected chi connectivity index (χ4v) is 2.57. The minimum absolute atomic E-state index is 0.201. The van der Waals surface area contributed by atoms with Crippen LogP contribution in [0.3, 0.4) is 0 Å². The summed E-state index contributed by atoms with van der Waals surface area (Å²) in [5.74, 6) is 1.89. The number of carbonyl (C=O) groups is 1. The highest BCUT2D eigenvalue weighted by molar-refractivity contribution is 6.32. The number of ether oxygens (including phenoxy) is 2. The molecule has 2 aromatic rings. The minimum Gasteiger partial charge on any atom is -0.486 e. The zero-order valence-corrected chi connectivity index (χ0v) is 13.4. The Balaban J connectivity index is 1.59. The van der Waals surface area contributed by atoms with Gasteiger partial charge in [-0.05, 0) is 29.8 Å². The molecule has 0 atom stereocenters. The minimum atomic E-state index is -0.201. The van der Waals surface area contributed by atoms with Crippen molar-refractivity contribution in [1.82, 2.24) is 10.2 Å². The molecule has 0 saturated heterocycles. The molecule has 2 heterocycles. The highest BCUT2D eigenvalue weighted by Crippen LogP contribution is 2.38. The van der Waals surface area contributed by atoms with Crippen LogP contribution in [0.2, 0.25) is 5.02 Å². The molecule has 0 unspecified atom stereocenters. The molecule has 0 aliphatic carbocycles. The van der Waals surface area contributed by atoms with Gasteiger partial charge in [0.15, 0.2) is 11.5 Å². The van der Waals surface area contributed by atoms with Gasteiger partial charge in [-0.25, -0.2) is 4.79 Å². The second kappa shape index (κ2) is 6.83. The van der Waals surface area contributed by atoms with Gasteiger partial charge in [-0.15, -0.1) is 0 Å². The van der Waals surface area contributed by atoms with Crippen molar-refractivity contribution in [3.05, 3.63) is 46.9 Å². The quantitative estimate of drug-likeness (QED) is 0.932. The molecule has 1 N–H and O–H groups in total. The standard InChI is InChI=1S/C16H17ClN2O4/c1-19(10-12-3-2-4-21-12)16(20)18-9-11-7-13(17)15-14(8-11)22-5-6-23-15/h2-4,7-8H,5-6,9-10H2,1H3,(H,18,20). The van der Waals surface area contributed by atoms with Crippen LogP contribution < -0.4 is 14.8 Å². The summed E-state index contributed by atoms with van der Waals surface area (Å²) in [6, 6.07) is 7.00. The van der Waals surface area contributed by atoms with Crippen molar-refractivity contribution in [1.29, 1.82) is 0 Å². The Bertz CT molecular complexity index is 688. The van der Waals surface area contributed by atoms with E-state index in [9.17, 15) is 4.79 Å². The van der Waals surface area contributed by atoms with E-state index >= 15 is 0 Å². The van der Waals surface area contributed by atoms with Crippen molar-refractivity contribution in [2.75, 3.05) is 20.3 Å². The molecule has 0 fully saturated rings. The summed E-state index contributed by atoms with van der Waals surface area (Å²) in [6.45, 7) is 1.73. The van der Waals surface area contributed by atoms with Gasteiger partial charge in [0, 0.05) is 13.6 Å². The van der Waals surface area contributed by atoms with Crippen LogP contribution in [0.25, 0.3) is 0 Å². The number of hydrogen-bond acceptors (Lipinski definition) is 4. The lowest BCUT2D eigenvalue weighted by atomic mass is 10.2. The van der Waals surface area contributed by atoms with E-state index in [-0.39, 0.29) is 6.03 Å². The second-order valence-electron chi connectivity index (χ2n) is 5.20. The predicted octanol–water partition coefficient (Wildman–Crippen LogP) is 3.05. The van der Waals surface area contributed by atoms with E-state index in [0.717, 1.165) is 11.3 Å². The van der Waals surface area contributed by atoms with Gasteiger partial charge in [0.05, 0.1) is 17.8 Å². The zero-order valence-electron chi connectivity index (χ0n) is 12.7. The average Bonchev–Trinajstić information content (AvgIpc) is 3.05. The molecule has 23 heavy (non-hydrogen) atoms. The second-order valence-corrected chi connectivity index (χ2v) is 5.60. The number of carbonyl (C=O) groups excluding carboxylic acids is 1. The molecule has 6 nitrogen and oxygen atoms in total. The molecule has 1 aromatic carbocycles. The van der Waals surface area contributed by atoms with E-state index in [2.05, 4.69) is 5.32 Å². The first-order valence-electron chi connectivity index (χ1n) is 7.23. The van der Waals surface area contributed by atoms with Crippen LogP contribution in [0, 0.1) is 0 Å². The van der Waals surface area contributed by atoms with Crippen molar-refractivity contribution < 1.29 is 18.7 Å². The topological polar surface area (TPSA) is 63.9 Å². The number of rotatable bonds is 4. The molecule has 0 saturated carbocycles. The van der Waals surface area contributed by atoms with Crippen LogP contribution >= 0.6 is 11.6 Å². The number of nitrogens with zero attached hydrogens (tertiary/aromatic N) is 1. The van der Waals surface area contributed by atoms with Crippen molar-refractivity contribution in [3.63, 3.8) is 0 Å². The molecule has 0 spiro atoms. The number of amides is 2. The summed E-state index contributed by atoms with van der Waals surface area (Å²) in [6.07, 6.45) is 1.58. The van der Waals surface area contributed by atoms with E-state index in [1.54, 1.807) is 30.3 Å². The van der Waals surface area contributed by atoms with Crippen molar-refractivity contribution in [2.24, 2.45) is 0 Å². The summed E-state index contributed by atoms with van der Waals surface area (Å²) < 4.78 is 16.2. The number of nitrogens with one attached hydrogen (secondary N) is 1. The molecule has 2 amide bonds. The molecule has 7 heteroatoms. The predicted molar refractivity (Wildman–Crippen MR) is 84.9 cm³/mol. The number of fused-ring (bicyclic) bond motifs is 1. The van der Waals surface area contributed by atoms with Crippen LogP contribution in [0.5, 0.6) is 11.5 Å². The highest BCUT2D eigenvalue weighted by atomic mass is 35.5. The highest BCUT2D eigenvalue weighted by Gasteiger charge is 2.17. The van der Waals surface area contributed by atoms with Gasteiger partial charge in [-0.1, -0.05) is 11.6 Å². The van der Waals surface area contributed by atoms with Crippen molar-refractivity contribution >= 4 is 17.6 Å². The van der Waals surface area contributed by atoms with Gasteiger partial charge in [-0.3, -0.25) is 0 Å². The van der Waals surface area contributed by atoms with Gasteiger partial charge >= 0.3 is 6.03 Å². The van der Waals surface area contributed by atoms with E-state index in [1.807, 2.05) is 12.1 Å². The van der Waals surface area contributed by atoms with E-state index < -0.39 is 0 Å². The Morgan fingerprint density at radius 2 is 2.17 bits per heavy atom. The smallest absolute Gasteiger partial charge is 0.317 e. The SMILES string of the molecule is CN(Cc1ccco1)C(=O)NCc1cc(Cl)c2c(c1)OCCO2. The Kier molecular flexibility index (Phi) is 4.62. The molecule has 1 aliphatic heterocycles. The molecule has 122 valence electrons. The third-order valence-electron chi connectivity index (χ3n) is 3.42. The molecule has 3 rings (SSSR count). The van der Waals surface area contributed by atoms with Gasteiger partial charge in [-0.2, -0.15) is 0 Å². The maximum atomic E-state index is 12.1. The fourth-order valence-electron chi connectivity index (χ4n) is 2.29. The number of benzene rings is 1. The number of halogens is 1. The summed E-state index contributed by atoms with van der Waals surface area (Å²) >= 11 is 6.18. The van der Waals surface area contributed by atoms with Crippen LogP contribution in [0.1, 0.15) is 11.3 Å². The zero-order chi connectivity index (χ0) is 16.2. The maximum absolute atomic E-state index is 12.1. The molecular weight excluding hydrogens is 320 g/mol. The first-order valence-corrected chi connectivity index (χ1v) is 7.60. The number of furan rings is 1. The summed E-state index contributed by atoms with van der Waals surface area (Å²) in [4.78, 5) is 13.6. The molecular formula is C16H17ClN2O4. The van der Waals surface area contributed by atoms with E-state index in [1.165, 1.54) is 0 Å². The summed E-state index contributed by atoms with van der Waals surface area (Å²) in [7, 11) is 1.70. The number of urea groups is 1. The third-order valence-corrected chi connectivity index (χ3v) is 3.70. The van der Waals surface area contributed by atoms with Gasteiger partial charge < -0.3 is 24.1 Å². The van der Waals surface area contributed by atoms with Gasteiger partial charge in [0.2, 0.25) is 0 Å². The van der Waals surface area contributed by atoms with Crippen molar-refractivity contribution in [3.8, 4) is 11.5 Å². The Morgan fingerprint density at radius 3 is 2.96 bits per heavy atom. The van der Waals surface area contributed by atoms with Gasteiger partial charge in [0.1, 0.15) is 19.0 Å². The van der Waals surface area contributed by atoms with E-state index in [4.69, 9.17) is 25.5 Å². The summed E-state index contributed by atoms with van der Waals surface area (Å²) in [5, 5.41) is 3.32. The van der Waals surface area contributed by atoms with E-state index in [0.29, 0.717) is 42.8 Å². The first kappa shape index (κ1) is 15.6. The lowest BCUT2D eigenvalue weighted by Gasteiger charge is -2.21. The Hall–Kier alpha value is -2.34. The molecule has 1 aromatic heterocycles. The largest absolute Gasteiger partial charge is 0.486 e. The fraction of sp³-hybridized carbons (Fsp3) is 0.312. The third kappa shape index (κ3) is 3.71. The average molecular weight is 337 g/mol. The Labute approximate surface area is 138 Å². The van der Waals surface area contributed by atoms with Crippen LogP contribution in [-0.2, 0) is 13.1 Å². The molecule has 1 aliphatic rings. The molecule has 0 bridgehead atoms. The lowest BCUT2D eigenvalue weighted by Crippen LogP contribution is -2.36. The first-order chi connectivity index (χ1) is 11.1. The van der Waals surface area contributed by atoms with Crippen LogP contribution in [0.15, 0.2) is 34.9 Å². The van der Waals surface area contributed by atoms with Crippen molar-refractivity contribution in [2.45, 2.75) is 13.1 Å².